The number of halogens is 1. The minimum atomic E-state index is -0.449. The van der Waals surface area contributed by atoms with Crippen molar-refractivity contribution in [1.82, 2.24) is 16.2 Å². The molecule has 0 atom stereocenters. The van der Waals surface area contributed by atoms with Crippen molar-refractivity contribution < 1.29 is 23.8 Å². The molecule has 2 aromatic rings. The molecule has 0 saturated carbocycles. The van der Waals surface area contributed by atoms with Crippen molar-refractivity contribution in [1.29, 1.82) is 0 Å². The topological polar surface area (TPSA) is 97.9 Å². The third kappa shape index (κ3) is 7.62. The third-order valence-corrected chi connectivity index (χ3v) is 4.56. The number of aryl methyl sites for hydroxylation is 1. The minimum absolute atomic E-state index is 0.0548. The van der Waals surface area contributed by atoms with Crippen molar-refractivity contribution >= 4 is 45.1 Å². The van der Waals surface area contributed by atoms with Crippen LogP contribution in [0.2, 0.25) is 0 Å². The molecular weight excluding hydrogens is 474 g/mol. The first-order valence-corrected chi connectivity index (χ1v) is 10.1. The minimum Gasteiger partial charge on any atom is -0.490 e. The van der Waals surface area contributed by atoms with E-state index in [0.717, 1.165) is 5.56 Å². The smallest absolute Gasteiger partial charge is 0.276 e. The Bertz CT molecular complexity index is 910. The van der Waals surface area contributed by atoms with E-state index in [2.05, 4.69) is 32.1 Å². The molecule has 2 rings (SSSR count). The maximum Gasteiger partial charge on any atom is 0.276 e. The van der Waals surface area contributed by atoms with Crippen LogP contribution in [0.5, 0.6) is 11.5 Å². The van der Waals surface area contributed by atoms with E-state index in [-0.39, 0.29) is 11.7 Å². The fourth-order valence-corrected chi connectivity index (χ4v) is 2.86. The summed E-state index contributed by atoms with van der Waals surface area (Å²) >= 11 is 8.39. The number of methoxy groups -OCH3 is 1. The van der Waals surface area contributed by atoms with E-state index in [4.69, 9.17) is 26.4 Å². The first kappa shape index (κ1) is 23.6. The molecule has 0 bridgehead atoms. The normalized spacial score (nSPS) is 10.1. The third-order valence-electron chi connectivity index (χ3n) is 3.73. The first-order valence-electron chi connectivity index (χ1n) is 8.90. The Balaban J connectivity index is 1.77. The molecule has 0 aliphatic rings. The lowest BCUT2D eigenvalue weighted by molar-refractivity contribution is -0.123. The van der Waals surface area contributed by atoms with Crippen molar-refractivity contribution in [3.63, 3.8) is 0 Å². The van der Waals surface area contributed by atoms with Gasteiger partial charge in [-0.25, -0.2) is 0 Å². The summed E-state index contributed by atoms with van der Waals surface area (Å²) < 4.78 is 16.5. The van der Waals surface area contributed by atoms with Gasteiger partial charge in [0.25, 0.3) is 11.8 Å². The van der Waals surface area contributed by atoms with Gasteiger partial charge in [0.05, 0.1) is 11.1 Å². The summed E-state index contributed by atoms with van der Waals surface area (Å²) in [7, 11) is 1.59. The number of carbonyl (C=O) groups is 2. The highest BCUT2D eigenvalue weighted by atomic mass is 79.9. The molecule has 2 amide bonds. The molecular formula is C20H22BrN3O5S. The second-order valence-electron chi connectivity index (χ2n) is 6.00. The van der Waals surface area contributed by atoms with Gasteiger partial charge in [-0.2, -0.15) is 0 Å². The Hall–Kier alpha value is -2.69. The second-order valence-corrected chi connectivity index (χ2v) is 7.26. The van der Waals surface area contributed by atoms with E-state index < -0.39 is 11.8 Å². The van der Waals surface area contributed by atoms with Crippen LogP contribution in [-0.4, -0.2) is 43.9 Å². The maximum atomic E-state index is 12.3. The number of ether oxygens (including phenoxy) is 3. The van der Waals surface area contributed by atoms with Crippen molar-refractivity contribution in [2.45, 2.75) is 6.92 Å². The Kier molecular flexibility index (Phi) is 9.52. The fraction of sp³-hybridized carbons (Fsp3) is 0.250. The number of thiocarbonyl (C=S) groups is 1. The van der Waals surface area contributed by atoms with E-state index in [9.17, 15) is 9.59 Å². The van der Waals surface area contributed by atoms with Crippen LogP contribution in [0.3, 0.4) is 0 Å². The Morgan fingerprint density at radius 3 is 2.50 bits per heavy atom. The average molecular weight is 496 g/mol. The van der Waals surface area contributed by atoms with Crippen LogP contribution < -0.4 is 25.6 Å². The van der Waals surface area contributed by atoms with Gasteiger partial charge in [0, 0.05) is 12.7 Å². The highest BCUT2D eigenvalue weighted by molar-refractivity contribution is 9.10. The van der Waals surface area contributed by atoms with Gasteiger partial charge in [-0.3, -0.25) is 25.8 Å². The Morgan fingerprint density at radius 1 is 1.03 bits per heavy atom. The zero-order valence-electron chi connectivity index (χ0n) is 16.5. The molecule has 2 aromatic carbocycles. The monoisotopic (exact) mass is 495 g/mol. The molecule has 0 radical (unpaired) electrons. The van der Waals surface area contributed by atoms with Crippen molar-refractivity contribution in [3.8, 4) is 11.5 Å². The second kappa shape index (κ2) is 12.1. The van der Waals surface area contributed by atoms with Crippen LogP contribution in [-0.2, 0) is 9.53 Å². The summed E-state index contributed by atoms with van der Waals surface area (Å²) in [6.45, 7) is 2.52. The number of carbonyl (C=O) groups excluding carboxylic acids is 2. The summed E-state index contributed by atoms with van der Waals surface area (Å²) in [5.41, 5.74) is 6.11. The molecule has 0 heterocycles. The van der Waals surface area contributed by atoms with Crippen LogP contribution in [0.4, 0.5) is 0 Å². The predicted molar refractivity (Wildman–Crippen MR) is 120 cm³/mol. The molecule has 0 saturated heterocycles. The summed E-state index contributed by atoms with van der Waals surface area (Å²) in [5.74, 6) is 0.311. The largest absolute Gasteiger partial charge is 0.490 e. The first-order chi connectivity index (χ1) is 14.4. The van der Waals surface area contributed by atoms with Crippen molar-refractivity contribution in [3.05, 3.63) is 58.1 Å². The molecule has 8 nitrogen and oxygen atoms in total. The number of nitrogens with one attached hydrogen (secondary N) is 3. The lowest BCUT2D eigenvalue weighted by atomic mass is 10.2. The van der Waals surface area contributed by atoms with Crippen molar-refractivity contribution in [2.75, 3.05) is 26.9 Å². The summed E-state index contributed by atoms with van der Waals surface area (Å²) in [4.78, 5) is 24.2. The number of hydrogen-bond donors (Lipinski definition) is 3. The molecule has 3 N–H and O–H groups in total. The van der Waals surface area contributed by atoms with E-state index in [1.807, 2.05) is 25.1 Å². The molecule has 0 aromatic heterocycles. The number of amides is 2. The van der Waals surface area contributed by atoms with E-state index in [1.165, 1.54) is 0 Å². The van der Waals surface area contributed by atoms with Gasteiger partial charge in [-0.1, -0.05) is 18.2 Å². The molecule has 30 heavy (non-hydrogen) atoms. The van der Waals surface area contributed by atoms with Crippen LogP contribution in [0.25, 0.3) is 0 Å². The molecule has 0 fully saturated rings. The van der Waals surface area contributed by atoms with Crippen molar-refractivity contribution in [2.24, 2.45) is 0 Å². The summed E-state index contributed by atoms with van der Waals surface area (Å²) in [6.07, 6.45) is 0. The highest BCUT2D eigenvalue weighted by Crippen LogP contribution is 2.26. The van der Waals surface area contributed by atoms with Gasteiger partial charge in [-0.05, 0) is 64.9 Å². The zero-order chi connectivity index (χ0) is 21.9. The molecule has 0 unspecified atom stereocenters. The zero-order valence-corrected chi connectivity index (χ0v) is 18.9. The highest BCUT2D eigenvalue weighted by Gasteiger charge is 2.12. The van der Waals surface area contributed by atoms with Crippen LogP contribution >= 0.6 is 28.1 Å². The molecule has 0 aliphatic heterocycles. The molecule has 160 valence electrons. The van der Waals surface area contributed by atoms with Crippen LogP contribution in [0.15, 0.2) is 46.9 Å². The standard InChI is InChI=1S/C20H22BrN3O5S/c1-13-5-3-4-6-16(13)29-12-18(25)23-24-20(30)22-19(26)14-7-8-17(15(21)11-14)28-10-9-27-2/h3-8,11H,9-10,12H2,1-2H3,(H,23,25)(H2,22,24,26,30). The van der Waals surface area contributed by atoms with E-state index in [0.29, 0.717) is 34.7 Å². The van der Waals surface area contributed by atoms with E-state index >= 15 is 0 Å². The fourth-order valence-electron chi connectivity index (χ4n) is 2.22. The van der Waals surface area contributed by atoms with Gasteiger partial charge in [-0.15, -0.1) is 0 Å². The molecule has 0 aliphatic carbocycles. The van der Waals surface area contributed by atoms with Gasteiger partial charge in [0.15, 0.2) is 11.7 Å². The number of hydrazine groups is 1. The summed E-state index contributed by atoms with van der Waals surface area (Å²) in [6, 6.07) is 12.2. The van der Waals surface area contributed by atoms with Gasteiger partial charge < -0.3 is 14.2 Å². The van der Waals surface area contributed by atoms with Crippen LogP contribution in [0, 0.1) is 6.92 Å². The lowest BCUT2D eigenvalue weighted by Crippen LogP contribution is -2.49. The van der Waals surface area contributed by atoms with Crippen LogP contribution in [0.1, 0.15) is 15.9 Å². The molecule has 10 heteroatoms. The van der Waals surface area contributed by atoms with Gasteiger partial charge in [0.2, 0.25) is 0 Å². The predicted octanol–water partition coefficient (Wildman–Crippen LogP) is 2.50. The number of benzene rings is 2. The Labute approximate surface area is 188 Å². The quantitative estimate of drug-likeness (QED) is 0.294. The maximum absolute atomic E-state index is 12.3. The number of para-hydroxylation sites is 1. The lowest BCUT2D eigenvalue weighted by Gasteiger charge is -2.13. The SMILES string of the molecule is COCCOc1ccc(C(=O)NC(=S)NNC(=O)COc2ccccc2C)cc1Br. The van der Waals surface area contributed by atoms with Gasteiger partial charge in [0.1, 0.15) is 18.1 Å². The number of rotatable bonds is 8. The average Bonchev–Trinajstić information content (AvgIpc) is 2.73. The molecule has 0 spiro atoms. The summed E-state index contributed by atoms with van der Waals surface area (Å²) in [5, 5.41) is 2.42. The van der Waals surface area contributed by atoms with E-state index in [1.54, 1.807) is 31.4 Å². The van der Waals surface area contributed by atoms with Gasteiger partial charge >= 0.3 is 0 Å². The number of hydrogen-bond acceptors (Lipinski definition) is 6. The Morgan fingerprint density at radius 2 is 1.80 bits per heavy atom.